The lowest BCUT2D eigenvalue weighted by Crippen LogP contribution is -2.03. The number of hydrogen-bond donors (Lipinski definition) is 0. The summed E-state index contributed by atoms with van der Waals surface area (Å²) in [5, 5.41) is 8.05. The Labute approximate surface area is 97.4 Å². The fraction of sp³-hybridized carbons (Fsp3) is 0.667. The predicted octanol–water partition coefficient (Wildman–Crippen LogP) is 2.61. The SMILES string of the molecule is CCCCSc1nnc(C(=O)OCC)s1. The molecule has 0 aliphatic heterocycles. The van der Waals surface area contributed by atoms with E-state index in [1.807, 2.05) is 0 Å². The second kappa shape index (κ2) is 6.79. The van der Waals surface area contributed by atoms with Gasteiger partial charge in [0.25, 0.3) is 0 Å². The van der Waals surface area contributed by atoms with Crippen molar-refractivity contribution < 1.29 is 9.53 Å². The molecular weight excluding hydrogens is 232 g/mol. The Bertz CT molecular complexity index is 315. The van der Waals surface area contributed by atoms with Crippen LogP contribution in [0.1, 0.15) is 36.5 Å². The lowest BCUT2D eigenvalue weighted by atomic mass is 10.4. The van der Waals surface area contributed by atoms with E-state index in [0.717, 1.165) is 22.9 Å². The first-order valence-corrected chi connectivity index (χ1v) is 6.71. The summed E-state index contributed by atoms with van der Waals surface area (Å²) in [4.78, 5) is 11.3. The van der Waals surface area contributed by atoms with Crippen LogP contribution >= 0.6 is 23.1 Å². The Balaban J connectivity index is 2.45. The summed E-state index contributed by atoms with van der Waals surface area (Å²) in [5.74, 6) is 0.644. The number of rotatable bonds is 6. The van der Waals surface area contributed by atoms with Crippen LogP contribution < -0.4 is 0 Å². The van der Waals surface area contributed by atoms with E-state index in [9.17, 15) is 4.79 Å². The van der Waals surface area contributed by atoms with Crippen LogP contribution in [0.4, 0.5) is 0 Å². The molecule has 0 bridgehead atoms. The standard InChI is InChI=1S/C9H14N2O2S2/c1-3-5-6-14-9-11-10-7(15-9)8(12)13-4-2/h3-6H2,1-2H3. The van der Waals surface area contributed by atoms with Crippen LogP contribution in [-0.4, -0.2) is 28.5 Å². The zero-order valence-corrected chi connectivity index (χ0v) is 10.5. The average Bonchev–Trinajstić information content (AvgIpc) is 2.67. The highest BCUT2D eigenvalue weighted by atomic mass is 32.2. The summed E-state index contributed by atoms with van der Waals surface area (Å²) in [6, 6.07) is 0. The molecule has 4 nitrogen and oxygen atoms in total. The molecule has 84 valence electrons. The largest absolute Gasteiger partial charge is 0.461 e. The summed E-state index contributed by atoms with van der Waals surface area (Å²) >= 11 is 2.94. The highest BCUT2D eigenvalue weighted by molar-refractivity contribution is 8.01. The summed E-state index contributed by atoms with van der Waals surface area (Å²) in [6.07, 6.45) is 2.32. The van der Waals surface area contributed by atoms with Gasteiger partial charge in [-0.1, -0.05) is 36.4 Å². The molecule has 6 heteroatoms. The first kappa shape index (κ1) is 12.4. The normalized spacial score (nSPS) is 10.3. The van der Waals surface area contributed by atoms with Crippen LogP contribution in [0.3, 0.4) is 0 Å². The van der Waals surface area contributed by atoms with Gasteiger partial charge in [0, 0.05) is 5.75 Å². The van der Waals surface area contributed by atoms with Gasteiger partial charge in [0.05, 0.1) is 6.61 Å². The van der Waals surface area contributed by atoms with E-state index in [2.05, 4.69) is 17.1 Å². The van der Waals surface area contributed by atoms with Crippen LogP contribution in [0.15, 0.2) is 4.34 Å². The molecule has 0 unspecified atom stereocenters. The van der Waals surface area contributed by atoms with Crippen molar-refractivity contribution in [2.45, 2.75) is 31.0 Å². The minimum Gasteiger partial charge on any atom is -0.461 e. The van der Waals surface area contributed by atoms with Crippen molar-refractivity contribution >= 4 is 29.1 Å². The van der Waals surface area contributed by atoms with Gasteiger partial charge in [0.2, 0.25) is 5.01 Å². The first-order valence-electron chi connectivity index (χ1n) is 4.91. The summed E-state index contributed by atoms with van der Waals surface area (Å²) in [6.45, 7) is 4.29. The smallest absolute Gasteiger partial charge is 0.369 e. The van der Waals surface area contributed by atoms with Gasteiger partial charge in [0.1, 0.15) is 0 Å². The topological polar surface area (TPSA) is 52.1 Å². The molecular formula is C9H14N2O2S2. The summed E-state index contributed by atoms with van der Waals surface area (Å²) in [5.41, 5.74) is 0. The summed E-state index contributed by atoms with van der Waals surface area (Å²) < 4.78 is 5.67. The zero-order chi connectivity index (χ0) is 11.1. The van der Waals surface area contributed by atoms with Gasteiger partial charge in [-0.3, -0.25) is 0 Å². The Morgan fingerprint density at radius 2 is 2.27 bits per heavy atom. The number of carbonyl (C=O) groups excluding carboxylic acids is 1. The Kier molecular flexibility index (Phi) is 5.63. The third-order valence-corrected chi connectivity index (χ3v) is 3.70. The molecule has 15 heavy (non-hydrogen) atoms. The van der Waals surface area contributed by atoms with Gasteiger partial charge >= 0.3 is 5.97 Å². The lowest BCUT2D eigenvalue weighted by Gasteiger charge is -1.94. The molecule has 0 aromatic carbocycles. The minimum absolute atomic E-state index is 0.343. The monoisotopic (exact) mass is 246 g/mol. The molecule has 1 aromatic heterocycles. The van der Waals surface area contributed by atoms with Gasteiger partial charge in [-0.15, -0.1) is 10.2 Å². The predicted molar refractivity (Wildman–Crippen MR) is 61.5 cm³/mol. The molecule has 0 amide bonds. The quantitative estimate of drug-likeness (QED) is 0.439. The Hall–Kier alpha value is -0.620. The fourth-order valence-electron chi connectivity index (χ4n) is 0.847. The molecule has 1 heterocycles. The maximum atomic E-state index is 11.3. The average molecular weight is 246 g/mol. The number of hydrogen-bond acceptors (Lipinski definition) is 6. The van der Waals surface area contributed by atoms with Crippen LogP contribution in [0.2, 0.25) is 0 Å². The number of nitrogens with zero attached hydrogens (tertiary/aromatic N) is 2. The van der Waals surface area contributed by atoms with Crippen molar-refractivity contribution in [3.63, 3.8) is 0 Å². The fourth-order valence-corrected chi connectivity index (χ4v) is 2.75. The lowest BCUT2D eigenvalue weighted by molar-refractivity contribution is 0.0525. The third kappa shape index (κ3) is 4.17. The van der Waals surface area contributed by atoms with Gasteiger partial charge < -0.3 is 4.74 Å². The van der Waals surface area contributed by atoms with Gasteiger partial charge in [-0.2, -0.15) is 0 Å². The van der Waals surface area contributed by atoms with Crippen molar-refractivity contribution in [1.82, 2.24) is 10.2 Å². The zero-order valence-electron chi connectivity index (χ0n) is 8.86. The molecule has 0 radical (unpaired) electrons. The summed E-state index contributed by atoms with van der Waals surface area (Å²) in [7, 11) is 0. The third-order valence-electron chi connectivity index (χ3n) is 1.58. The number of esters is 1. The number of unbranched alkanes of at least 4 members (excludes halogenated alkanes) is 1. The maximum absolute atomic E-state index is 11.3. The number of thioether (sulfide) groups is 1. The van der Waals surface area contributed by atoms with Crippen molar-refractivity contribution in [3.05, 3.63) is 5.01 Å². The van der Waals surface area contributed by atoms with Gasteiger partial charge in [-0.05, 0) is 13.3 Å². The molecule has 0 aliphatic carbocycles. The van der Waals surface area contributed by atoms with E-state index in [-0.39, 0.29) is 5.97 Å². The second-order valence-electron chi connectivity index (χ2n) is 2.80. The van der Waals surface area contributed by atoms with E-state index in [4.69, 9.17) is 4.74 Å². The maximum Gasteiger partial charge on any atom is 0.369 e. The second-order valence-corrected chi connectivity index (χ2v) is 5.12. The van der Waals surface area contributed by atoms with Crippen molar-refractivity contribution in [3.8, 4) is 0 Å². The van der Waals surface area contributed by atoms with Crippen LogP contribution in [0.5, 0.6) is 0 Å². The number of carbonyl (C=O) groups is 1. The Morgan fingerprint density at radius 3 is 2.93 bits per heavy atom. The number of aromatic nitrogens is 2. The van der Waals surface area contributed by atoms with Crippen molar-refractivity contribution in [2.24, 2.45) is 0 Å². The minimum atomic E-state index is -0.377. The molecule has 1 aromatic rings. The van der Waals surface area contributed by atoms with E-state index in [0.29, 0.717) is 11.6 Å². The van der Waals surface area contributed by atoms with Crippen LogP contribution in [0, 0.1) is 0 Å². The van der Waals surface area contributed by atoms with E-state index >= 15 is 0 Å². The molecule has 0 atom stereocenters. The molecule has 0 aliphatic rings. The van der Waals surface area contributed by atoms with E-state index in [1.165, 1.54) is 11.3 Å². The number of ether oxygens (including phenoxy) is 1. The highest BCUT2D eigenvalue weighted by Crippen LogP contribution is 2.23. The molecule has 0 spiro atoms. The van der Waals surface area contributed by atoms with E-state index in [1.54, 1.807) is 18.7 Å². The Morgan fingerprint density at radius 1 is 1.47 bits per heavy atom. The molecule has 0 fully saturated rings. The molecule has 0 N–H and O–H groups in total. The van der Waals surface area contributed by atoms with Gasteiger partial charge in [0.15, 0.2) is 4.34 Å². The van der Waals surface area contributed by atoms with E-state index < -0.39 is 0 Å². The van der Waals surface area contributed by atoms with Crippen molar-refractivity contribution in [2.75, 3.05) is 12.4 Å². The highest BCUT2D eigenvalue weighted by Gasteiger charge is 2.13. The van der Waals surface area contributed by atoms with Crippen molar-refractivity contribution in [1.29, 1.82) is 0 Å². The van der Waals surface area contributed by atoms with Crippen LogP contribution in [0.25, 0.3) is 0 Å². The molecule has 0 saturated carbocycles. The first-order chi connectivity index (χ1) is 7.27. The molecule has 1 rings (SSSR count). The van der Waals surface area contributed by atoms with Crippen LogP contribution in [-0.2, 0) is 4.74 Å². The molecule has 0 saturated heterocycles. The van der Waals surface area contributed by atoms with Gasteiger partial charge in [-0.25, -0.2) is 4.79 Å².